The van der Waals surface area contributed by atoms with E-state index in [4.69, 9.17) is 4.52 Å². The summed E-state index contributed by atoms with van der Waals surface area (Å²) in [5.74, 6) is 0.0638. The van der Waals surface area contributed by atoms with E-state index in [1.54, 1.807) is 13.0 Å². The van der Waals surface area contributed by atoms with Crippen molar-refractivity contribution in [1.29, 1.82) is 0 Å². The Bertz CT molecular complexity index is 1030. The van der Waals surface area contributed by atoms with Crippen LogP contribution in [0.2, 0.25) is 0 Å². The molecule has 1 atom stereocenters. The van der Waals surface area contributed by atoms with Crippen molar-refractivity contribution in [1.82, 2.24) is 14.8 Å². The molecular weight excluding hydrogens is 414 g/mol. The molecule has 0 radical (unpaired) electrons. The summed E-state index contributed by atoms with van der Waals surface area (Å²) in [4.78, 5) is 12.5. The lowest BCUT2D eigenvalue weighted by Crippen LogP contribution is -2.44. The molecule has 1 aromatic heterocycles. The van der Waals surface area contributed by atoms with Crippen LogP contribution in [0, 0.1) is 19.8 Å². The predicted molar refractivity (Wildman–Crippen MR) is 121 cm³/mol. The third-order valence-corrected chi connectivity index (χ3v) is 7.82. The number of hydrogen-bond donors (Lipinski definition) is 1. The van der Waals surface area contributed by atoms with Gasteiger partial charge in [-0.1, -0.05) is 48.0 Å². The van der Waals surface area contributed by atoms with Gasteiger partial charge < -0.3 is 9.84 Å². The number of carbonyl (C=O) groups is 1. The molecular formula is C23H31N3O4S. The van der Waals surface area contributed by atoms with E-state index in [2.05, 4.69) is 10.5 Å². The first kappa shape index (κ1) is 23.2. The lowest BCUT2D eigenvalue weighted by molar-refractivity contribution is -0.126. The van der Waals surface area contributed by atoms with Gasteiger partial charge in [0.1, 0.15) is 5.69 Å². The van der Waals surface area contributed by atoms with Crippen molar-refractivity contribution in [3.63, 3.8) is 0 Å². The molecule has 1 aliphatic rings. The van der Waals surface area contributed by atoms with E-state index in [9.17, 15) is 13.2 Å². The lowest BCUT2D eigenvalue weighted by atomic mass is 9.97. The van der Waals surface area contributed by atoms with Gasteiger partial charge >= 0.3 is 0 Å². The van der Waals surface area contributed by atoms with Gasteiger partial charge in [-0.2, -0.15) is 4.31 Å². The van der Waals surface area contributed by atoms with Crippen molar-refractivity contribution in [3.05, 3.63) is 46.8 Å². The van der Waals surface area contributed by atoms with Gasteiger partial charge in [-0.3, -0.25) is 4.79 Å². The Morgan fingerprint density at radius 3 is 2.48 bits per heavy atom. The Labute approximate surface area is 184 Å². The topological polar surface area (TPSA) is 92.5 Å². The number of piperidine rings is 1. The standard InChI is InChI=1S/C23H31N3O4S/c1-5-17(3)24-23(27)20-12-14-26(15-13-20)31(28,29)22-18(4)25-30-21(22)11-10-19-8-6-16(2)7-9-19/h6-11,17,20H,5,12-15H2,1-4H3,(H,24,27)/b11-10+/t17-/m1/s1. The SMILES string of the molecule is CC[C@@H](C)NC(=O)C1CCN(S(=O)(=O)c2c(C)noc2/C=C/c2ccc(C)cc2)CC1. The zero-order chi connectivity index (χ0) is 22.6. The summed E-state index contributed by atoms with van der Waals surface area (Å²) >= 11 is 0. The number of nitrogens with zero attached hydrogens (tertiary/aromatic N) is 2. The lowest BCUT2D eigenvalue weighted by Gasteiger charge is -2.31. The van der Waals surface area contributed by atoms with Crippen molar-refractivity contribution in [3.8, 4) is 0 Å². The highest BCUT2D eigenvalue weighted by atomic mass is 32.2. The fraction of sp³-hybridized carbons (Fsp3) is 0.478. The van der Waals surface area contributed by atoms with Gasteiger partial charge in [0.15, 0.2) is 10.7 Å². The summed E-state index contributed by atoms with van der Waals surface area (Å²) in [7, 11) is -3.77. The molecule has 1 fully saturated rings. The van der Waals surface area contributed by atoms with Crippen LogP contribution in [0.15, 0.2) is 33.7 Å². The van der Waals surface area contributed by atoms with Crippen molar-refractivity contribution in [2.24, 2.45) is 5.92 Å². The number of benzene rings is 1. The molecule has 1 amide bonds. The zero-order valence-electron chi connectivity index (χ0n) is 18.6. The quantitative estimate of drug-likeness (QED) is 0.700. The molecule has 3 rings (SSSR count). The minimum Gasteiger partial charge on any atom is -0.355 e. The smallest absolute Gasteiger partial charge is 0.248 e. The maximum atomic E-state index is 13.3. The van der Waals surface area contributed by atoms with Gasteiger partial charge in [-0.25, -0.2) is 8.42 Å². The van der Waals surface area contributed by atoms with E-state index < -0.39 is 10.0 Å². The van der Waals surface area contributed by atoms with Gasteiger partial charge in [-0.15, -0.1) is 0 Å². The third-order valence-electron chi connectivity index (χ3n) is 5.76. The average molecular weight is 446 g/mol. The normalized spacial score (nSPS) is 17.2. The van der Waals surface area contributed by atoms with E-state index in [0.717, 1.165) is 17.5 Å². The van der Waals surface area contributed by atoms with Crippen LogP contribution in [0.4, 0.5) is 0 Å². The molecule has 1 aliphatic heterocycles. The van der Waals surface area contributed by atoms with Crippen molar-refractivity contribution >= 4 is 28.1 Å². The van der Waals surface area contributed by atoms with Crippen LogP contribution in [0.25, 0.3) is 12.2 Å². The van der Waals surface area contributed by atoms with E-state index in [-0.39, 0.29) is 28.5 Å². The van der Waals surface area contributed by atoms with Crippen LogP contribution in [-0.4, -0.2) is 42.9 Å². The van der Waals surface area contributed by atoms with E-state index in [0.29, 0.717) is 31.6 Å². The molecule has 7 nitrogen and oxygen atoms in total. The van der Waals surface area contributed by atoms with E-state index in [1.165, 1.54) is 4.31 Å². The highest BCUT2D eigenvalue weighted by molar-refractivity contribution is 7.89. The van der Waals surface area contributed by atoms with Crippen LogP contribution >= 0.6 is 0 Å². The number of nitrogens with one attached hydrogen (secondary N) is 1. The number of aromatic nitrogens is 1. The van der Waals surface area contributed by atoms with E-state index >= 15 is 0 Å². The molecule has 31 heavy (non-hydrogen) atoms. The zero-order valence-corrected chi connectivity index (χ0v) is 19.4. The molecule has 0 saturated carbocycles. The number of aryl methyl sites for hydroxylation is 2. The summed E-state index contributed by atoms with van der Waals surface area (Å²) in [5, 5.41) is 6.89. The molecule has 8 heteroatoms. The Hall–Kier alpha value is -2.45. The fourth-order valence-electron chi connectivity index (χ4n) is 3.60. The largest absolute Gasteiger partial charge is 0.355 e. The predicted octanol–water partition coefficient (Wildman–Crippen LogP) is 3.78. The first-order valence-electron chi connectivity index (χ1n) is 10.7. The minimum absolute atomic E-state index is 0.00859. The summed E-state index contributed by atoms with van der Waals surface area (Å²) < 4.78 is 33.4. The summed E-state index contributed by atoms with van der Waals surface area (Å²) in [6, 6.07) is 8.02. The van der Waals surface area contributed by atoms with Crippen molar-refractivity contribution in [2.75, 3.05) is 13.1 Å². The fourth-order valence-corrected chi connectivity index (χ4v) is 5.32. The third kappa shape index (κ3) is 5.43. The summed E-state index contributed by atoms with van der Waals surface area (Å²) in [6.07, 6.45) is 5.32. The highest BCUT2D eigenvalue weighted by Crippen LogP contribution is 2.29. The van der Waals surface area contributed by atoms with Gasteiger partial charge in [0.25, 0.3) is 0 Å². The molecule has 1 saturated heterocycles. The molecule has 0 bridgehead atoms. The van der Waals surface area contributed by atoms with Crippen molar-refractivity contribution < 1.29 is 17.7 Å². The van der Waals surface area contributed by atoms with Crippen molar-refractivity contribution in [2.45, 2.75) is 57.9 Å². The first-order valence-corrected chi connectivity index (χ1v) is 12.2. The molecule has 1 aromatic carbocycles. The molecule has 1 N–H and O–H groups in total. The second-order valence-corrected chi connectivity index (χ2v) is 10.1. The Balaban J connectivity index is 1.73. The molecule has 168 valence electrons. The molecule has 0 spiro atoms. The monoisotopic (exact) mass is 445 g/mol. The average Bonchev–Trinajstić information content (AvgIpc) is 3.14. The van der Waals surface area contributed by atoms with Gasteiger partial charge in [0.2, 0.25) is 15.9 Å². The second-order valence-electron chi connectivity index (χ2n) is 8.20. The number of carbonyl (C=O) groups excluding carboxylic acids is 1. The van der Waals surface area contributed by atoms with Gasteiger partial charge in [-0.05, 0) is 51.7 Å². The summed E-state index contributed by atoms with van der Waals surface area (Å²) in [6.45, 7) is 8.23. The summed E-state index contributed by atoms with van der Waals surface area (Å²) in [5.41, 5.74) is 2.42. The van der Waals surface area contributed by atoms with E-state index in [1.807, 2.05) is 51.1 Å². The molecule has 2 aromatic rings. The van der Waals surface area contributed by atoms with Crippen LogP contribution in [0.5, 0.6) is 0 Å². The first-order chi connectivity index (χ1) is 14.7. The highest BCUT2D eigenvalue weighted by Gasteiger charge is 2.36. The van der Waals surface area contributed by atoms with Gasteiger partial charge in [0, 0.05) is 25.0 Å². The maximum Gasteiger partial charge on any atom is 0.248 e. The Morgan fingerprint density at radius 2 is 1.87 bits per heavy atom. The van der Waals surface area contributed by atoms with Crippen LogP contribution < -0.4 is 5.32 Å². The Kier molecular flexibility index (Phi) is 7.33. The molecule has 0 aliphatic carbocycles. The molecule has 2 heterocycles. The maximum absolute atomic E-state index is 13.3. The van der Waals surface area contributed by atoms with Crippen LogP contribution in [0.1, 0.15) is 55.7 Å². The van der Waals surface area contributed by atoms with Gasteiger partial charge in [0.05, 0.1) is 0 Å². The van der Waals surface area contributed by atoms with Crippen LogP contribution in [0.3, 0.4) is 0 Å². The second kappa shape index (κ2) is 9.78. The number of hydrogen-bond acceptors (Lipinski definition) is 5. The number of sulfonamides is 1. The van der Waals surface area contributed by atoms with Crippen LogP contribution in [-0.2, 0) is 14.8 Å². The number of rotatable bonds is 7. The minimum atomic E-state index is -3.77. The molecule has 0 unspecified atom stereocenters. The Morgan fingerprint density at radius 1 is 1.23 bits per heavy atom. The number of amides is 1.